The summed E-state index contributed by atoms with van der Waals surface area (Å²) in [6, 6.07) is 0. The number of hydrogen-bond donors (Lipinski definition) is 2. The van der Waals surface area contributed by atoms with Gasteiger partial charge in [0.05, 0.1) is 18.8 Å². The first kappa shape index (κ1) is 13.3. The van der Waals surface area contributed by atoms with E-state index in [0.29, 0.717) is 13.0 Å². The van der Waals surface area contributed by atoms with Crippen LogP contribution in [0.3, 0.4) is 0 Å². The summed E-state index contributed by atoms with van der Waals surface area (Å²) >= 11 is 0. The van der Waals surface area contributed by atoms with Crippen molar-refractivity contribution in [3.8, 4) is 0 Å². The van der Waals surface area contributed by atoms with Crippen molar-refractivity contribution in [2.24, 2.45) is 10.9 Å². The maximum absolute atomic E-state index is 8.48. The molecule has 5 nitrogen and oxygen atoms in total. The minimum absolute atomic E-state index is 0.0152. The molecule has 5 heteroatoms. The van der Waals surface area contributed by atoms with Crippen LogP contribution in [0.25, 0.3) is 0 Å². The van der Waals surface area contributed by atoms with Crippen molar-refractivity contribution in [2.75, 3.05) is 13.2 Å². The topological polar surface area (TPSA) is 77.1 Å². The van der Waals surface area contributed by atoms with E-state index >= 15 is 0 Å². The number of amidine groups is 1. The number of nitrogens with zero attached hydrogens (tertiary/aromatic N) is 1. The molecule has 1 aliphatic heterocycles. The van der Waals surface area contributed by atoms with Crippen LogP contribution in [0.1, 0.15) is 39.0 Å². The fraction of sp³-hybridized carbons (Fsp3) is 0.909. The lowest BCUT2D eigenvalue weighted by molar-refractivity contribution is -0.0620. The Hall–Kier alpha value is -0.810. The Balaban J connectivity index is 2.22. The van der Waals surface area contributed by atoms with Gasteiger partial charge in [-0.25, -0.2) is 0 Å². The Labute approximate surface area is 96.6 Å². The summed E-state index contributed by atoms with van der Waals surface area (Å²) in [6.45, 7) is 3.47. The van der Waals surface area contributed by atoms with E-state index in [0.717, 1.165) is 25.9 Å². The first-order valence-corrected chi connectivity index (χ1v) is 5.95. The average Bonchev–Trinajstić information content (AvgIpc) is 2.35. The maximum Gasteiger partial charge on any atom is 0.141 e. The highest BCUT2D eigenvalue weighted by molar-refractivity contribution is 5.80. The minimum Gasteiger partial charge on any atom is -0.409 e. The molecule has 0 radical (unpaired) electrons. The van der Waals surface area contributed by atoms with Crippen LogP contribution in [0, 0.1) is 0 Å². The van der Waals surface area contributed by atoms with Crippen molar-refractivity contribution >= 4 is 5.84 Å². The van der Waals surface area contributed by atoms with Crippen LogP contribution in [-0.4, -0.2) is 36.5 Å². The lowest BCUT2D eigenvalue weighted by Gasteiger charge is -2.24. The van der Waals surface area contributed by atoms with Crippen LogP contribution in [0.5, 0.6) is 0 Å². The molecule has 1 aliphatic rings. The van der Waals surface area contributed by atoms with Crippen LogP contribution in [-0.2, 0) is 9.47 Å². The summed E-state index contributed by atoms with van der Waals surface area (Å²) < 4.78 is 11.3. The minimum atomic E-state index is 0.0152. The molecule has 0 bridgehead atoms. The highest BCUT2D eigenvalue weighted by Crippen LogP contribution is 2.14. The van der Waals surface area contributed by atoms with E-state index in [2.05, 4.69) is 5.16 Å². The molecule has 1 rings (SSSR count). The van der Waals surface area contributed by atoms with Gasteiger partial charge in [-0.2, -0.15) is 0 Å². The quantitative estimate of drug-likeness (QED) is 0.313. The molecule has 1 heterocycles. The molecular formula is C11H22N2O3. The molecule has 1 fully saturated rings. The van der Waals surface area contributed by atoms with E-state index in [4.69, 9.17) is 20.4 Å². The van der Waals surface area contributed by atoms with Gasteiger partial charge in [-0.05, 0) is 25.7 Å². The van der Waals surface area contributed by atoms with Crippen LogP contribution in [0.4, 0.5) is 0 Å². The summed E-state index contributed by atoms with van der Waals surface area (Å²) in [6.07, 6.45) is 4.99. The lowest BCUT2D eigenvalue weighted by Crippen LogP contribution is -2.29. The van der Waals surface area contributed by atoms with Crippen molar-refractivity contribution < 1.29 is 14.7 Å². The first-order valence-electron chi connectivity index (χ1n) is 5.95. The normalized spacial score (nSPS) is 24.3. The molecule has 0 saturated carbocycles. The van der Waals surface area contributed by atoms with E-state index in [9.17, 15) is 0 Å². The van der Waals surface area contributed by atoms with E-state index in [1.807, 2.05) is 6.92 Å². The van der Waals surface area contributed by atoms with Gasteiger partial charge >= 0.3 is 0 Å². The zero-order valence-corrected chi connectivity index (χ0v) is 9.89. The molecule has 1 saturated heterocycles. The molecule has 2 unspecified atom stereocenters. The van der Waals surface area contributed by atoms with Crippen LogP contribution in [0.15, 0.2) is 5.16 Å². The number of nitrogens with two attached hydrogens (primary N) is 1. The monoisotopic (exact) mass is 230 g/mol. The predicted molar refractivity (Wildman–Crippen MR) is 61.6 cm³/mol. The van der Waals surface area contributed by atoms with Crippen molar-refractivity contribution in [2.45, 2.75) is 51.2 Å². The average molecular weight is 230 g/mol. The van der Waals surface area contributed by atoms with E-state index < -0.39 is 0 Å². The summed E-state index contributed by atoms with van der Waals surface area (Å²) in [7, 11) is 0. The number of oxime groups is 1. The van der Waals surface area contributed by atoms with Gasteiger partial charge in [0, 0.05) is 13.0 Å². The van der Waals surface area contributed by atoms with E-state index in [-0.39, 0.29) is 18.0 Å². The van der Waals surface area contributed by atoms with Crippen LogP contribution in [0.2, 0.25) is 0 Å². The first-order chi connectivity index (χ1) is 7.76. The molecule has 0 aromatic heterocycles. The standard InChI is InChI=1S/C11H22N2O3/c1-2-9(7-11(12)13-14)16-8-10-5-3-4-6-15-10/h9-10,14H,2-8H2,1H3,(H2,12,13). The summed E-state index contributed by atoms with van der Waals surface area (Å²) in [4.78, 5) is 0. The van der Waals surface area contributed by atoms with E-state index in [1.165, 1.54) is 6.42 Å². The van der Waals surface area contributed by atoms with Crippen molar-refractivity contribution in [1.82, 2.24) is 0 Å². The third-order valence-electron chi connectivity index (χ3n) is 2.81. The van der Waals surface area contributed by atoms with Crippen molar-refractivity contribution in [1.29, 1.82) is 0 Å². The van der Waals surface area contributed by atoms with Crippen LogP contribution < -0.4 is 5.73 Å². The summed E-state index contributed by atoms with van der Waals surface area (Å²) in [5, 5.41) is 11.4. The maximum atomic E-state index is 8.48. The SMILES string of the molecule is CCC(C/C(N)=N/O)OCC1CCCCO1. The van der Waals surface area contributed by atoms with Gasteiger partial charge in [0.2, 0.25) is 0 Å². The molecule has 0 aromatic carbocycles. The van der Waals surface area contributed by atoms with Gasteiger partial charge < -0.3 is 20.4 Å². The fourth-order valence-electron chi connectivity index (χ4n) is 1.78. The van der Waals surface area contributed by atoms with Gasteiger partial charge in [-0.3, -0.25) is 0 Å². The van der Waals surface area contributed by atoms with Gasteiger partial charge in [0.25, 0.3) is 0 Å². The van der Waals surface area contributed by atoms with Gasteiger partial charge in [0.15, 0.2) is 0 Å². The molecule has 0 aliphatic carbocycles. The molecule has 16 heavy (non-hydrogen) atoms. The number of rotatable bonds is 6. The molecule has 0 spiro atoms. The Morgan fingerprint density at radius 2 is 2.44 bits per heavy atom. The lowest BCUT2D eigenvalue weighted by atomic mass is 10.1. The zero-order valence-electron chi connectivity index (χ0n) is 9.89. The Kier molecular flexibility index (Phi) is 6.18. The highest BCUT2D eigenvalue weighted by atomic mass is 16.5. The third-order valence-corrected chi connectivity index (χ3v) is 2.81. The predicted octanol–water partition coefficient (Wildman–Crippen LogP) is 1.49. The highest BCUT2D eigenvalue weighted by Gasteiger charge is 2.17. The molecule has 2 atom stereocenters. The van der Waals surface area contributed by atoms with Crippen molar-refractivity contribution in [3.63, 3.8) is 0 Å². The smallest absolute Gasteiger partial charge is 0.141 e. The molecule has 94 valence electrons. The van der Waals surface area contributed by atoms with Gasteiger partial charge in [-0.1, -0.05) is 12.1 Å². The molecular weight excluding hydrogens is 208 g/mol. The Morgan fingerprint density at radius 3 is 3.00 bits per heavy atom. The second-order valence-corrected chi connectivity index (χ2v) is 4.15. The summed E-state index contributed by atoms with van der Waals surface area (Å²) in [5.74, 6) is 0.219. The number of ether oxygens (including phenoxy) is 2. The number of hydrogen-bond acceptors (Lipinski definition) is 4. The van der Waals surface area contributed by atoms with E-state index in [1.54, 1.807) is 0 Å². The zero-order chi connectivity index (χ0) is 11.8. The second kappa shape index (κ2) is 7.46. The van der Waals surface area contributed by atoms with Gasteiger partial charge in [-0.15, -0.1) is 0 Å². The molecule has 0 aromatic rings. The molecule has 0 amide bonds. The Bertz CT molecular complexity index is 215. The third kappa shape index (κ3) is 4.81. The summed E-state index contributed by atoms with van der Waals surface area (Å²) in [5.41, 5.74) is 5.45. The molecule has 3 N–H and O–H groups in total. The Morgan fingerprint density at radius 1 is 1.62 bits per heavy atom. The van der Waals surface area contributed by atoms with Crippen molar-refractivity contribution in [3.05, 3.63) is 0 Å². The van der Waals surface area contributed by atoms with Crippen LogP contribution >= 0.6 is 0 Å². The fourth-order valence-corrected chi connectivity index (χ4v) is 1.78. The second-order valence-electron chi connectivity index (χ2n) is 4.15. The van der Waals surface area contributed by atoms with Gasteiger partial charge in [0.1, 0.15) is 5.84 Å². The largest absolute Gasteiger partial charge is 0.409 e.